The van der Waals surface area contributed by atoms with Gasteiger partial charge in [-0.25, -0.2) is 4.79 Å². The fraction of sp³-hybridized carbons (Fsp3) is 0.200. The van der Waals surface area contributed by atoms with Gasteiger partial charge in [0.1, 0.15) is 6.04 Å². The monoisotopic (exact) mass is 368 g/mol. The lowest BCUT2D eigenvalue weighted by molar-refractivity contribution is -0.144. The lowest BCUT2D eigenvalue weighted by Gasteiger charge is -2.17. The van der Waals surface area contributed by atoms with Crippen LogP contribution in [0.5, 0.6) is 0 Å². The minimum atomic E-state index is -1.01. The maximum Gasteiger partial charge on any atom is 0.328 e. The van der Waals surface area contributed by atoms with Crippen LogP contribution in [0.1, 0.15) is 22.8 Å². The third-order valence-corrected chi connectivity index (χ3v) is 3.76. The summed E-state index contributed by atoms with van der Waals surface area (Å²) in [6, 6.07) is 14.2. The van der Waals surface area contributed by atoms with Crippen LogP contribution in [0, 0.1) is 0 Å². The third-order valence-electron chi connectivity index (χ3n) is 3.76. The van der Waals surface area contributed by atoms with Crippen molar-refractivity contribution in [3.63, 3.8) is 0 Å². The first-order valence-corrected chi connectivity index (χ1v) is 8.26. The average molecular weight is 368 g/mol. The molecule has 0 fully saturated rings. The van der Waals surface area contributed by atoms with Crippen LogP contribution in [-0.2, 0) is 25.5 Å². The normalized spacial score (nSPS) is 11.2. The predicted molar refractivity (Wildman–Crippen MR) is 99.2 cm³/mol. The minimum absolute atomic E-state index is 0.0357. The Bertz CT molecular complexity index is 848. The van der Waals surface area contributed by atoms with Crippen LogP contribution in [0.2, 0.25) is 0 Å². The van der Waals surface area contributed by atoms with Crippen LogP contribution in [-0.4, -0.2) is 36.7 Å². The van der Waals surface area contributed by atoms with E-state index in [1.807, 2.05) is 6.07 Å². The van der Waals surface area contributed by atoms with Crippen molar-refractivity contribution in [1.29, 1.82) is 0 Å². The predicted octanol–water partition coefficient (Wildman–Crippen LogP) is 1.73. The summed E-state index contributed by atoms with van der Waals surface area (Å²) < 4.78 is 4.73. The van der Waals surface area contributed by atoms with Crippen LogP contribution in [0.3, 0.4) is 0 Å². The molecule has 27 heavy (non-hydrogen) atoms. The van der Waals surface area contributed by atoms with Crippen LogP contribution in [0.4, 0.5) is 5.69 Å². The molecule has 0 spiro atoms. The molecular formula is C20H20N2O5. The third kappa shape index (κ3) is 5.50. The summed E-state index contributed by atoms with van der Waals surface area (Å²) in [5, 5.41) is 4.92. The number of amides is 2. The SMILES string of the molecule is COC(=O)[C@H](Cc1ccccc1)NC(=O)C(=O)c1ccccc1NC(C)=O. The smallest absolute Gasteiger partial charge is 0.328 e. The number of methoxy groups -OCH3 is 1. The molecule has 7 nitrogen and oxygen atoms in total. The summed E-state index contributed by atoms with van der Waals surface area (Å²) in [6.45, 7) is 1.30. The van der Waals surface area contributed by atoms with Gasteiger partial charge in [-0.3, -0.25) is 14.4 Å². The molecule has 2 N–H and O–H groups in total. The maximum absolute atomic E-state index is 12.5. The van der Waals surface area contributed by atoms with Gasteiger partial charge >= 0.3 is 5.97 Å². The second-order valence-electron chi connectivity index (χ2n) is 5.79. The number of anilines is 1. The van der Waals surface area contributed by atoms with Crippen LogP contribution >= 0.6 is 0 Å². The summed E-state index contributed by atoms with van der Waals surface area (Å²) in [5.41, 5.74) is 1.07. The molecule has 2 aromatic rings. The number of carbonyl (C=O) groups excluding carboxylic acids is 4. The second-order valence-corrected chi connectivity index (χ2v) is 5.79. The van der Waals surface area contributed by atoms with Crippen molar-refractivity contribution >= 4 is 29.3 Å². The molecule has 0 aliphatic carbocycles. The second kappa shape index (κ2) is 9.28. The summed E-state index contributed by atoms with van der Waals surface area (Å²) in [7, 11) is 1.21. The Morgan fingerprint density at radius 2 is 1.59 bits per heavy atom. The molecule has 2 amide bonds. The molecule has 0 radical (unpaired) electrons. The van der Waals surface area contributed by atoms with E-state index >= 15 is 0 Å². The van der Waals surface area contributed by atoms with Gasteiger partial charge in [0.05, 0.1) is 18.4 Å². The summed E-state index contributed by atoms with van der Waals surface area (Å²) in [4.78, 5) is 48.3. The number of rotatable bonds is 7. The lowest BCUT2D eigenvalue weighted by atomic mass is 10.0. The van der Waals surface area contributed by atoms with Crippen molar-refractivity contribution in [2.75, 3.05) is 12.4 Å². The minimum Gasteiger partial charge on any atom is -0.467 e. The van der Waals surface area contributed by atoms with Crippen molar-refractivity contribution in [3.8, 4) is 0 Å². The van der Waals surface area contributed by atoms with Crippen molar-refractivity contribution in [2.45, 2.75) is 19.4 Å². The first-order valence-electron chi connectivity index (χ1n) is 8.26. The number of esters is 1. The highest BCUT2D eigenvalue weighted by molar-refractivity contribution is 6.44. The van der Waals surface area contributed by atoms with Gasteiger partial charge in [-0.1, -0.05) is 42.5 Å². The molecule has 0 unspecified atom stereocenters. The van der Waals surface area contributed by atoms with E-state index in [-0.39, 0.29) is 23.6 Å². The van der Waals surface area contributed by atoms with Gasteiger partial charge in [-0.15, -0.1) is 0 Å². The topological polar surface area (TPSA) is 102 Å². The van der Waals surface area contributed by atoms with E-state index in [1.54, 1.807) is 36.4 Å². The Kier molecular flexibility index (Phi) is 6.82. The van der Waals surface area contributed by atoms with Gasteiger partial charge < -0.3 is 15.4 Å². The summed E-state index contributed by atoms with van der Waals surface area (Å²) >= 11 is 0. The van der Waals surface area contributed by atoms with Crippen molar-refractivity contribution in [2.24, 2.45) is 0 Å². The van der Waals surface area contributed by atoms with Crippen LogP contribution in [0.25, 0.3) is 0 Å². The highest BCUT2D eigenvalue weighted by Crippen LogP contribution is 2.16. The zero-order valence-electron chi connectivity index (χ0n) is 15.0. The fourth-order valence-electron chi connectivity index (χ4n) is 2.51. The number of hydrogen-bond donors (Lipinski definition) is 2. The van der Waals surface area contributed by atoms with Gasteiger partial charge in [-0.05, 0) is 17.7 Å². The first-order chi connectivity index (χ1) is 12.9. The molecule has 0 aliphatic heterocycles. The first kappa shape index (κ1) is 19.8. The van der Waals surface area contributed by atoms with Crippen LogP contribution < -0.4 is 10.6 Å². The van der Waals surface area contributed by atoms with Gasteiger partial charge in [0, 0.05) is 13.3 Å². The molecular weight excluding hydrogens is 348 g/mol. The zero-order chi connectivity index (χ0) is 19.8. The van der Waals surface area contributed by atoms with E-state index in [0.29, 0.717) is 0 Å². The zero-order valence-corrected chi connectivity index (χ0v) is 15.0. The van der Waals surface area contributed by atoms with Crippen molar-refractivity contribution in [3.05, 3.63) is 65.7 Å². The summed E-state index contributed by atoms with van der Waals surface area (Å²) in [6.07, 6.45) is 0.180. The molecule has 2 aromatic carbocycles. The highest BCUT2D eigenvalue weighted by Gasteiger charge is 2.27. The number of nitrogens with one attached hydrogen (secondary N) is 2. The van der Waals surface area contributed by atoms with E-state index in [2.05, 4.69) is 10.6 Å². The fourth-order valence-corrected chi connectivity index (χ4v) is 2.51. The standard InChI is InChI=1S/C20H20N2O5/c1-13(23)21-16-11-7-6-10-15(16)18(24)19(25)22-17(20(26)27-2)12-14-8-4-3-5-9-14/h3-11,17H,12H2,1-2H3,(H,21,23)(H,22,25)/t17-/m0/s1. The molecule has 0 heterocycles. The average Bonchev–Trinajstić information content (AvgIpc) is 2.67. The summed E-state index contributed by atoms with van der Waals surface area (Å²) in [5.74, 6) is -2.84. The van der Waals surface area contributed by atoms with E-state index < -0.39 is 23.7 Å². The van der Waals surface area contributed by atoms with E-state index in [4.69, 9.17) is 4.74 Å². The lowest BCUT2D eigenvalue weighted by Crippen LogP contribution is -2.46. The van der Waals surface area contributed by atoms with Gasteiger partial charge in [-0.2, -0.15) is 0 Å². The number of para-hydroxylation sites is 1. The van der Waals surface area contributed by atoms with Crippen molar-refractivity contribution in [1.82, 2.24) is 5.32 Å². The van der Waals surface area contributed by atoms with E-state index in [0.717, 1.165) is 5.56 Å². The number of carbonyl (C=O) groups is 4. The Morgan fingerprint density at radius 1 is 0.963 bits per heavy atom. The van der Waals surface area contributed by atoms with E-state index in [9.17, 15) is 19.2 Å². The Hall–Kier alpha value is -3.48. The molecule has 0 bridgehead atoms. The van der Waals surface area contributed by atoms with Gasteiger partial charge in [0.2, 0.25) is 5.91 Å². The number of Topliss-reactive ketones (excluding diaryl/α,β-unsaturated/α-hetero) is 1. The van der Waals surface area contributed by atoms with E-state index in [1.165, 1.54) is 26.2 Å². The Balaban J connectivity index is 2.18. The molecule has 0 saturated carbocycles. The molecule has 2 rings (SSSR count). The largest absolute Gasteiger partial charge is 0.467 e. The quantitative estimate of drug-likeness (QED) is 0.440. The number of hydrogen-bond acceptors (Lipinski definition) is 5. The molecule has 7 heteroatoms. The highest BCUT2D eigenvalue weighted by atomic mass is 16.5. The molecule has 140 valence electrons. The maximum atomic E-state index is 12.5. The number of benzene rings is 2. The number of ether oxygens (including phenoxy) is 1. The number of ketones is 1. The van der Waals surface area contributed by atoms with Gasteiger partial charge in [0.25, 0.3) is 11.7 Å². The molecule has 0 aliphatic rings. The van der Waals surface area contributed by atoms with Crippen molar-refractivity contribution < 1.29 is 23.9 Å². The molecule has 0 saturated heterocycles. The Morgan fingerprint density at radius 3 is 2.22 bits per heavy atom. The van der Waals surface area contributed by atoms with Crippen LogP contribution in [0.15, 0.2) is 54.6 Å². The molecule has 0 aromatic heterocycles. The Labute approximate surface area is 156 Å². The molecule has 1 atom stereocenters. The van der Waals surface area contributed by atoms with Gasteiger partial charge in [0.15, 0.2) is 0 Å².